The molecule has 1 amide bonds. The number of fused-ring (bicyclic) bond motifs is 2. The maximum absolute atomic E-state index is 12.4. The largest absolute Gasteiger partial charge is 0.493 e. The Bertz CT molecular complexity index is 926. The lowest BCUT2D eigenvalue weighted by atomic mass is 10.0. The number of benzene rings is 2. The second-order valence-corrected chi connectivity index (χ2v) is 7.51. The molecule has 0 aliphatic carbocycles. The molecule has 0 unspecified atom stereocenters. The fourth-order valence-corrected chi connectivity index (χ4v) is 3.99. The van der Waals surface area contributed by atoms with Crippen LogP contribution in [0.15, 0.2) is 41.5 Å². The molecule has 2 aliphatic heterocycles. The predicted molar refractivity (Wildman–Crippen MR) is 114 cm³/mol. The van der Waals surface area contributed by atoms with E-state index in [0.717, 1.165) is 54.1 Å². The van der Waals surface area contributed by atoms with Gasteiger partial charge in [-0.1, -0.05) is 18.2 Å². The minimum absolute atomic E-state index is 0.137. The quantitative estimate of drug-likeness (QED) is 0.604. The van der Waals surface area contributed by atoms with Crippen LogP contribution in [-0.4, -0.2) is 37.9 Å². The molecule has 0 aromatic heterocycles. The zero-order valence-electron chi connectivity index (χ0n) is 17.0. The Morgan fingerprint density at radius 3 is 3.07 bits per heavy atom. The number of hydrogen-bond acceptors (Lipinski definition) is 5. The number of carbonyl (C=O) groups excluding carboxylic acids is 1. The van der Waals surface area contributed by atoms with Crippen molar-refractivity contribution in [3.05, 3.63) is 53.1 Å². The Labute approximate surface area is 171 Å². The number of nitrogens with one attached hydrogen (secondary N) is 1. The molecule has 6 nitrogen and oxygen atoms in total. The number of ether oxygens (including phenoxy) is 2. The molecule has 2 aromatic carbocycles. The first-order valence-electron chi connectivity index (χ1n) is 10.2. The van der Waals surface area contributed by atoms with E-state index in [-0.39, 0.29) is 18.6 Å². The summed E-state index contributed by atoms with van der Waals surface area (Å²) in [6, 6.07) is 12.2. The van der Waals surface area contributed by atoms with Crippen LogP contribution in [-0.2, 0) is 17.6 Å². The van der Waals surface area contributed by atoms with Crippen molar-refractivity contribution < 1.29 is 14.3 Å². The zero-order valence-corrected chi connectivity index (χ0v) is 17.0. The summed E-state index contributed by atoms with van der Waals surface area (Å²) in [5, 5.41) is 4.16. The third-order valence-electron chi connectivity index (χ3n) is 5.26. The lowest BCUT2D eigenvalue weighted by molar-refractivity contribution is -0.119. The third-order valence-corrected chi connectivity index (χ3v) is 5.26. The molecule has 2 aliphatic rings. The molecule has 4 rings (SSSR count). The summed E-state index contributed by atoms with van der Waals surface area (Å²) >= 11 is 0. The second kappa shape index (κ2) is 8.55. The summed E-state index contributed by atoms with van der Waals surface area (Å²) in [5.41, 5.74) is 7.02. The molecule has 0 fully saturated rings. The van der Waals surface area contributed by atoms with E-state index in [1.54, 1.807) is 6.21 Å². The van der Waals surface area contributed by atoms with E-state index in [1.807, 2.05) is 38.1 Å². The van der Waals surface area contributed by atoms with Gasteiger partial charge < -0.3 is 14.4 Å². The highest BCUT2D eigenvalue weighted by atomic mass is 16.5. The highest BCUT2D eigenvalue weighted by Crippen LogP contribution is 2.34. The van der Waals surface area contributed by atoms with E-state index in [9.17, 15) is 4.79 Å². The number of nitrogens with zero attached hydrogens (tertiary/aromatic N) is 2. The van der Waals surface area contributed by atoms with Gasteiger partial charge in [-0.25, -0.2) is 5.43 Å². The molecule has 0 radical (unpaired) electrons. The molecule has 1 N–H and O–H groups in total. The molecule has 0 bridgehead atoms. The van der Waals surface area contributed by atoms with Gasteiger partial charge in [0.15, 0.2) is 0 Å². The van der Waals surface area contributed by atoms with Crippen LogP contribution in [0.4, 0.5) is 5.69 Å². The Hall–Kier alpha value is -3.02. The lowest BCUT2D eigenvalue weighted by Gasteiger charge is -2.30. The fourth-order valence-electron chi connectivity index (χ4n) is 3.99. The van der Waals surface area contributed by atoms with Crippen LogP contribution >= 0.6 is 0 Å². The van der Waals surface area contributed by atoms with Gasteiger partial charge in [0.25, 0.3) is 5.91 Å². The molecule has 0 spiro atoms. The van der Waals surface area contributed by atoms with Gasteiger partial charge in [-0.2, -0.15) is 5.10 Å². The summed E-state index contributed by atoms with van der Waals surface area (Å²) in [6.07, 6.45) is 4.78. The van der Waals surface area contributed by atoms with E-state index in [1.165, 1.54) is 5.56 Å². The van der Waals surface area contributed by atoms with E-state index < -0.39 is 0 Å². The van der Waals surface area contributed by atoms with Crippen LogP contribution in [0.25, 0.3) is 0 Å². The van der Waals surface area contributed by atoms with E-state index in [2.05, 4.69) is 27.6 Å². The lowest BCUT2D eigenvalue weighted by Crippen LogP contribution is -2.38. The maximum atomic E-state index is 12.4. The standard InChI is InChI=1S/C23H27N3O3/c1-3-28-21-12-18-11-16(2)29-22(18)13-19(21)14-24-25-23(27)15-26-10-6-8-17-7-4-5-9-20(17)26/h4-5,7,9,12-14,16H,3,6,8,10-11,15H2,1-2H3,(H,25,27)/b24-14-/t16-/m1/s1. The predicted octanol–water partition coefficient (Wildman–Crippen LogP) is 3.31. The first kappa shape index (κ1) is 19.3. The maximum Gasteiger partial charge on any atom is 0.259 e. The number of aryl methyl sites for hydroxylation is 1. The fraction of sp³-hybridized carbons (Fsp3) is 0.391. The molecule has 6 heteroatoms. The van der Waals surface area contributed by atoms with Crippen molar-refractivity contribution >= 4 is 17.8 Å². The SMILES string of the molecule is CCOc1cc2c(cc1/C=N\NC(=O)CN1CCCc3ccccc31)O[C@H](C)C2. The Kier molecular flexibility index (Phi) is 5.69. The van der Waals surface area contributed by atoms with Crippen molar-refractivity contribution in [3.8, 4) is 11.5 Å². The van der Waals surface area contributed by atoms with Crippen molar-refractivity contribution in [2.45, 2.75) is 39.2 Å². The first-order valence-corrected chi connectivity index (χ1v) is 10.2. The van der Waals surface area contributed by atoms with Crippen molar-refractivity contribution in [3.63, 3.8) is 0 Å². The van der Waals surface area contributed by atoms with Gasteiger partial charge in [-0.05, 0) is 50.5 Å². The van der Waals surface area contributed by atoms with Crippen LogP contribution in [0.1, 0.15) is 37.0 Å². The second-order valence-electron chi connectivity index (χ2n) is 7.51. The van der Waals surface area contributed by atoms with Crippen molar-refractivity contribution in [1.29, 1.82) is 0 Å². The smallest absolute Gasteiger partial charge is 0.259 e. The van der Waals surface area contributed by atoms with Gasteiger partial charge in [-0.3, -0.25) is 4.79 Å². The summed E-state index contributed by atoms with van der Waals surface area (Å²) in [6.45, 7) is 5.73. The molecular formula is C23H27N3O3. The molecule has 29 heavy (non-hydrogen) atoms. The summed E-state index contributed by atoms with van der Waals surface area (Å²) < 4.78 is 11.6. The number of rotatable bonds is 6. The number of hydrogen-bond donors (Lipinski definition) is 1. The minimum atomic E-state index is -0.137. The first-order chi connectivity index (χ1) is 14.1. The number of hydrazone groups is 1. The van der Waals surface area contributed by atoms with E-state index in [0.29, 0.717) is 6.61 Å². The average molecular weight is 393 g/mol. The average Bonchev–Trinajstić information content (AvgIpc) is 3.07. The Morgan fingerprint density at radius 1 is 1.34 bits per heavy atom. The molecule has 1 atom stereocenters. The van der Waals surface area contributed by atoms with Crippen molar-refractivity contribution in [2.75, 3.05) is 24.6 Å². The van der Waals surface area contributed by atoms with Crippen LogP contribution in [0.2, 0.25) is 0 Å². The number of para-hydroxylation sites is 1. The van der Waals surface area contributed by atoms with E-state index in [4.69, 9.17) is 9.47 Å². The highest BCUT2D eigenvalue weighted by Gasteiger charge is 2.22. The van der Waals surface area contributed by atoms with Crippen LogP contribution < -0.4 is 19.8 Å². The van der Waals surface area contributed by atoms with Crippen molar-refractivity contribution in [2.24, 2.45) is 5.10 Å². The normalized spacial score (nSPS) is 17.6. The zero-order chi connectivity index (χ0) is 20.2. The molecule has 2 heterocycles. The van der Waals surface area contributed by atoms with Crippen LogP contribution in [0.3, 0.4) is 0 Å². The van der Waals surface area contributed by atoms with Crippen LogP contribution in [0.5, 0.6) is 11.5 Å². The van der Waals surface area contributed by atoms with Gasteiger partial charge in [0.05, 0.1) is 19.4 Å². The topological polar surface area (TPSA) is 63.2 Å². The summed E-state index contributed by atoms with van der Waals surface area (Å²) in [7, 11) is 0. The summed E-state index contributed by atoms with van der Waals surface area (Å²) in [4.78, 5) is 14.5. The third kappa shape index (κ3) is 4.36. The molecule has 0 saturated carbocycles. The van der Waals surface area contributed by atoms with Gasteiger partial charge in [0.2, 0.25) is 0 Å². The minimum Gasteiger partial charge on any atom is -0.493 e. The molecular weight excluding hydrogens is 366 g/mol. The molecule has 0 saturated heterocycles. The number of amides is 1. The Morgan fingerprint density at radius 2 is 2.21 bits per heavy atom. The Balaban J connectivity index is 1.42. The number of carbonyl (C=O) groups is 1. The van der Waals surface area contributed by atoms with E-state index >= 15 is 0 Å². The van der Waals surface area contributed by atoms with Gasteiger partial charge in [0, 0.05) is 29.8 Å². The van der Waals surface area contributed by atoms with Gasteiger partial charge in [0.1, 0.15) is 17.6 Å². The molecule has 152 valence electrons. The van der Waals surface area contributed by atoms with Gasteiger partial charge >= 0.3 is 0 Å². The van der Waals surface area contributed by atoms with Crippen LogP contribution in [0, 0.1) is 0 Å². The number of anilines is 1. The van der Waals surface area contributed by atoms with Gasteiger partial charge in [-0.15, -0.1) is 0 Å². The molecule has 2 aromatic rings. The monoisotopic (exact) mass is 393 g/mol. The highest BCUT2D eigenvalue weighted by molar-refractivity contribution is 5.87. The summed E-state index contributed by atoms with van der Waals surface area (Å²) in [5.74, 6) is 1.48. The van der Waals surface area contributed by atoms with Crippen molar-refractivity contribution in [1.82, 2.24) is 5.43 Å².